The fraction of sp³-hybridized carbons (Fsp3) is 0.292. The number of hydrogen-bond donors (Lipinski definition) is 0. The number of nitrogens with zero attached hydrogens (tertiary/aromatic N) is 2. The van der Waals surface area contributed by atoms with Crippen molar-refractivity contribution < 1.29 is 31.8 Å². The van der Waals surface area contributed by atoms with Crippen LogP contribution in [0.3, 0.4) is 0 Å². The smallest absolute Gasteiger partial charge is 0.243 e. The Morgan fingerprint density at radius 3 is 2.54 bits per heavy atom. The zero-order valence-corrected chi connectivity index (χ0v) is 21.5. The number of rotatable bonds is 11. The van der Waals surface area contributed by atoms with Gasteiger partial charge in [-0.25, -0.2) is 8.42 Å². The molecular formula is C24H25BrN2O7S. The maximum absolute atomic E-state index is 13.5. The summed E-state index contributed by atoms with van der Waals surface area (Å²) in [5.41, 5.74) is 0.813. The van der Waals surface area contributed by atoms with E-state index in [0.29, 0.717) is 17.3 Å². The molecule has 0 aliphatic carbocycles. The van der Waals surface area contributed by atoms with Crippen LogP contribution in [0.15, 0.2) is 74.6 Å². The molecule has 0 spiro atoms. The third kappa shape index (κ3) is 6.23. The lowest BCUT2D eigenvalue weighted by atomic mass is 10.2. The van der Waals surface area contributed by atoms with E-state index in [1.54, 1.807) is 35.2 Å². The zero-order chi connectivity index (χ0) is 24.8. The maximum atomic E-state index is 13.5. The minimum absolute atomic E-state index is 0.0270. The van der Waals surface area contributed by atoms with E-state index in [-0.39, 0.29) is 50.4 Å². The molecule has 1 aliphatic heterocycles. The summed E-state index contributed by atoms with van der Waals surface area (Å²) >= 11 is 3.31. The number of hydrogen-bond acceptors (Lipinski definition) is 7. The normalized spacial score (nSPS) is 12.8. The number of methoxy groups -OCH3 is 1. The van der Waals surface area contributed by atoms with Gasteiger partial charge >= 0.3 is 0 Å². The van der Waals surface area contributed by atoms with Gasteiger partial charge in [-0.15, -0.1) is 0 Å². The highest BCUT2D eigenvalue weighted by molar-refractivity contribution is 9.10. The van der Waals surface area contributed by atoms with Crippen LogP contribution >= 0.6 is 15.9 Å². The van der Waals surface area contributed by atoms with Crippen molar-refractivity contribution in [2.75, 3.05) is 33.6 Å². The molecule has 0 saturated heterocycles. The van der Waals surface area contributed by atoms with Crippen molar-refractivity contribution in [1.82, 2.24) is 9.21 Å². The molecule has 1 amide bonds. The van der Waals surface area contributed by atoms with Crippen LogP contribution in [0.2, 0.25) is 0 Å². The minimum Gasteiger partial charge on any atom is -0.467 e. The Morgan fingerprint density at radius 1 is 1.06 bits per heavy atom. The fourth-order valence-corrected chi connectivity index (χ4v) is 5.20. The van der Waals surface area contributed by atoms with Gasteiger partial charge in [-0.2, -0.15) is 4.31 Å². The van der Waals surface area contributed by atoms with E-state index in [4.69, 9.17) is 18.6 Å². The van der Waals surface area contributed by atoms with Gasteiger partial charge in [0, 0.05) is 24.7 Å². The van der Waals surface area contributed by atoms with Crippen LogP contribution < -0.4 is 9.47 Å². The Kier molecular flexibility index (Phi) is 8.11. The molecule has 1 aromatic heterocycles. The summed E-state index contributed by atoms with van der Waals surface area (Å²) in [4.78, 5) is 15.1. The zero-order valence-electron chi connectivity index (χ0n) is 19.1. The average Bonchev–Trinajstić information content (AvgIpc) is 3.53. The van der Waals surface area contributed by atoms with Crippen LogP contribution in [0.4, 0.5) is 0 Å². The quantitative estimate of drug-likeness (QED) is 0.350. The van der Waals surface area contributed by atoms with E-state index in [9.17, 15) is 13.2 Å². The Hall–Kier alpha value is -2.86. The summed E-state index contributed by atoms with van der Waals surface area (Å²) in [6.07, 6.45) is 1.53. The van der Waals surface area contributed by atoms with Crippen molar-refractivity contribution in [3.8, 4) is 11.5 Å². The molecule has 9 nitrogen and oxygen atoms in total. The molecule has 35 heavy (non-hydrogen) atoms. The lowest BCUT2D eigenvalue weighted by molar-refractivity contribution is -0.133. The van der Waals surface area contributed by atoms with Crippen LogP contribution in [-0.4, -0.2) is 57.1 Å². The van der Waals surface area contributed by atoms with Crippen molar-refractivity contribution in [1.29, 1.82) is 0 Å². The summed E-state index contributed by atoms with van der Waals surface area (Å²) in [5, 5.41) is 0. The molecule has 2 aromatic carbocycles. The van der Waals surface area contributed by atoms with Gasteiger partial charge in [0.15, 0.2) is 11.5 Å². The average molecular weight is 565 g/mol. The number of sulfonamides is 1. The van der Waals surface area contributed by atoms with Crippen molar-refractivity contribution in [2.45, 2.75) is 18.0 Å². The van der Waals surface area contributed by atoms with E-state index in [2.05, 4.69) is 15.9 Å². The second kappa shape index (κ2) is 11.3. The van der Waals surface area contributed by atoms with E-state index in [0.717, 1.165) is 14.3 Å². The third-order valence-electron chi connectivity index (χ3n) is 5.40. The first-order chi connectivity index (χ1) is 16.9. The molecule has 0 radical (unpaired) electrons. The Balaban J connectivity index is 1.57. The highest BCUT2D eigenvalue weighted by Gasteiger charge is 2.29. The lowest BCUT2D eigenvalue weighted by Gasteiger charge is -2.27. The standard InChI is InChI=1S/C24H25BrN2O7S/c1-31-12-10-27(35(29,30)21-7-5-19(25)6-8-21)16-24(28)26(15-20-3-2-11-32-20)14-18-4-9-22-23(13-18)34-17-33-22/h2-9,11,13H,10,12,14-17H2,1H3. The number of ether oxygens (including phenoxy) is 3. The fourth-order valence-electron chi connectivity index (χ4n) is 3.57. The van der Waals surface area contributed by atoms with Gasteiger partial charge in [-0.1, -0.05) is 22.0 Å². The van der Waals surface area contributed by atoms with Gasteiger partial charge in [0.2, 0.25) is 22.7 Å². The number of amides is 1. The van der Waals surface area contributed by atoms with Gasteiger partial charge in [0.25, 0.3) is 0 Å². The number of fused-ring (bicyclic) bond motifs is 1. The summed E-state index contributed by atoms with van der Waals surface area (Å²) in [7, 11) is -2.46. The summed E-state index contributed by atoms with van der Waals surface area (Å²) in [6, 6.07) is 15.2. The molecule has 0 N–H and O–H groups in total. The van der Waals surface area contributed by atoms with Crippen LogP contribution in [0.5, 0.6) is 11.5 Å². The van der Waals surface area contributed by atoms with Gasteiger partial charge in [-0.3, -0.25) is 4.79 Å². The van der Waals surface area contributed by atoms with Crippen LogP contribution in [0.1, 0.15) is 11.3 Å². The second-order valence-electron chi connectivity index (χ2n) is 7.80. The molecule has 0 fully saturated rings. The number of halogens is 1. The number of carbonyl (C=O) groups is 1. The second-order valence-corrected chi connectivity index (χ2v) is 10.7. The molecule has 0 bridgehead atoms. The first kappa shape index (κ1) is 25.2. The molecule has 1 aliphatic rings. The topological polar surface area (TPSA) is 98.5 Å². The molecule has 186 valence electrons. The summed E-state index contributed by atoms with van der Waals surface area (Å²) < 4.78 is 50.0. The molecule has 11 heteroatoms. The Morgan fingerprint density at radius 2 is 1.83 bits per heavy atom. The first-order valence-corrected chi connectivity index (χ1v) is 13.0. The van der Waals surface area contributed by atoms with Gasteiger partial charge in [0.05, 0.1) is 30.9 Å². The van der Waals surface area contributed by atoms with E-state index >= 15 is 0 Å². The predicted molar refractivity (Wildman–Crippen MR) is 130 cm³/mol. The first-order valence-electron chi connectivity index (χ1n) is 10.8. The molecule has 0 atom stereocenters. The lowest BCUT2D eigenvalue weighted by Crippen LogP contribution is -2.43. The van der Waals surface area contributed by atoms with E-state index in [1.165, 1.54) is 25.5 Å². The van der Waals surface area contributed by atoms with Crippen LogP contribution in [-0.2, 0) is 32.6 Å². The molecule has 3 aromatic rings. The van der Waals surface area contributed by atoms with Crippen LogP contribution in [0.25, 0.3) is 0 Å². The number of benzene rings is 2. The van der Waals surface area contributed by atoms with Crippen molar-refractivity contribution in [2.24, 2.45) is 0 Å². The van der Waals surface area contributed by atoms with Crippen molar-refractivity contribution >= 4 is 31.9 Å². The third-order valence-corrected chi connectivity index (χ3v) is 7.79. The summed E-state index contributed by atoms with van der Waals surface area (Å²) in [6.45, 7) is 0.370. The van der Waals surface area contributed by atoms with Crippen molar-refractivity contribution in [3.05, 3.63) is 76.7 Å². The minimum atomic E-state index is -3.94. The Labute approximate surface area is 212 Å². The van der Waals surface area contributed by atoms with Gasteiger partial charge in [-0.05, 0) is 54.1 Å². The van der Waals surface area contributed by atoms with Gasteiger partial charge in [0.1, 0.15) is 5.76 Å². The van der Waals surface area contributed by atoms with E-state index in [1.807, 2.05) is 12.1 Å². The molecule has 0 unspecified atom stereocenters. The molecular weight excluding hydrogens is 540 g/mol. The molecule has 0 saturated carbocycles. The van der Waals surface area contributed by atoms with E-state index < -0.39 is 10.0 Å². The van der Waals surface area contributed by atoms with Gasteiger partial charge < -0.3 is 23.5 Å². The highest BCUT2D eigenvalue weighted by atomic mass is 79.9. The largest absolute Gasteiger partial charge is 0.467 e. The summed E-state index contributed by atoms with van der Waals surface area (Å²) in [5.74, 6) is 1.45. The predicted octanol–water partition coefficient (Wildman–Crippen LogP) is 3.64. The number of carbonyl (C=O) groups excluding carboxylic acids is 1. The molecule has 2 heterocycles. The monoisotopic (exact) mass is 564 g/mol. The van der Waals surface area contributed by atoms with Crippen molar-refractivity contribution in [3.63, 3.8) is 0 Å². The number of furan rings is 1. The molecule has 4 rings (SSSR count). The maximum Gasteiger partial charge on any atom is 0.243 e. The SMILES string of the molecule is COCCN(CC(=O)N(Cc1ccc2c(c1)OCO2)Cc1ccco1)S(=O)(=O)c1ccc(Br)cc1. The van der Waals surface area contributed by atoms with Crippen LogP contribution in [0, 0.1) is 0 Å². The Bertz CT molecular complexity index is 1250. The highest BCUT2D eigenvalue weighted by Crippen LogP contribution is 2.33.